The van der Waals surface area contributed by atoms with Crippen LogP contribution in [-0.4, -0.2) is 17.1 Å². The van der Waals surface area contributed by atoms with Crippen LogP contribution in [0.5, 0.6) is 0 Å². The molecule has 0 aromatic heterocycles. The Morgan fingerprint density at radius 3 is 2.76 bits per heavy atom. The van der Waals surface area contributed by atoms with Gasteiger partial charge in [0.05, 0.1) is 16.6 Å². The zero-order chi connectivity index (χ0) is 14.7. The Kier molecular flexibility index (Phi) is 3.92. The first-order valence-electron chi connectivity index (χ1n) is 6.66. The molecule has 2 aliphatic heterocycles. The van der Waals surface area contributed by atoms with Gasteiger partial charge in [-0.3, -0.25) is 4.79 Å². The van der Waals surface area contributed by atoms with Gasteiger partial charge >= 0.3 is 0 Å². The summed E-state index contributed by atoms with van der Waals surface area (Å²) < 4.78 is 0. The third-order valence-electron chi connectivity index (χ3n) is 3.06. The maximum Gasteiger partial charge on any atom is 0.263 e. The van der Waals surface area contributed by atoms with Crippen molar-refractivity contribution in [1.29, 1.82) is 0 Å². The highest BCUT2D eigenvalue weighted by atomic mass is 32.2. The van der Waals surface area contributed by atoms with Crippen LogP contribution in [0.3, 0.4) is 0 Å². The third-order valence-corrected chi connectivity index (χ3v) is 3.99. The Morgan fingerprint density at radius 2 is 2.05 bits per heavy atom. The summed E-state index contributed by atoms with van der Waals surface area (Å²) in [5.74, 6) is -0.101. The summed E-state index contributed by atoms with van der Waals surface area (Å²) in [6, 6.07) is 7.92. The Bertz CT molecular complexity index is 671. The minimum Gasteiger partial charge on any atom is -0.381 e. The first-order chi connectivity index (χ1) is 10.2. The van der Waals surface area contributed by atoms with Crippen molar-refractivity contribution in [1.82, 2.24) is 10.6 Å². The number of hydrogen-bond acceptors (Lipinski definition) is 4. The summed E-state index contributed by atoms with van der Waals surface area (Å²) in [6.07, 6.45) is 9.63. The second-order valence-electron chi connectivity index (χ2n) is 4.78. The summed E-state index contributed by atoms with van der Waals surface area (Å²) in [4.78, 5) is 17.1. The van der Waals surface area contributed by atoms with Crippen LogP contribution >= 0.6 is 11.8 Å². The van der Waals surface area contributed by atoms with Crippen LogP contribution in [0.2, 0.25) is 0 Å². The van der Waals surface area contributed by atoms with Gasteiger partial charge in [0.1, 0.15) is 0 Å². The van der Waals surface area contributed by atoms with Crippen molar-refractivity contribution in [2.75, 3.05) is 0 Å². The SMILES string of the molecule is Cc1ccc(N=C2NC(=O)C(=CC3C=CC=CN3)S2)cc1. The lowest BCUT2D eigenvalue weighted by molar-refractivity contribution is -0.115. The fourth-order valence-corrected chi connectivity index (χ4v) is 2.82. The van der Waals surface area contributed by atoms with E-state index in [-0.39, 0.29) is 11.9 Å². The number of nitrogens with one attached hydrogen (secondary N) is 2. The molecular weight excluding hydrogens is 282 g/mol. The van der Waals surface area contributed by atoms with E-state index in [1.54, 1.807) is 0 Å². The molecule has 106 valence electrons. The van der Waals surface area contributed by atoms with Gasteiger partial charge in [0, 0.05) is 0 Å². The van der Waals surface area contributed by atoms with E-state index in [1.807, 2.05) is 61.7 Å². The standard InChI is InChI=1S/C16H15N3OS/c1-11-5-7-12(8-6-11)18-16-19-15(20)14(21-16)10-13-4-2-3-9-17-13/h2-10,13,17H,1H3,(H,18,19,20). The van der Waals surface area contributed by atoms with Crippen molar-refractivity contribution < 1.29 is 4.79 Å². The van der Waals surface area contributed by atoms with Crippen molar-refractivity contribution in [2.45, 2.75) is 13.0 Å². The van der Waals surface area contributed by atoms with Crippen LogP contribution in [0, 0.1) is 6.92 Å². The minimum absolute atomic E-state index is 0.0435. The first kappa shape index (κ1) is 13.7. The molecular formula is C16H15N3OS. The van der Waals surface area contributed by atoms with E-state index in [0.29, 0.717) is 10.1 Å². The average molecular weight is 297 g/mol. The smallest absolute Gasteiger partial charge is 0.263 e. The van der Waals surface area contributed by atoms with Gasteiger partial charge in [-0.2, -0.15) is 0 Å². The van der Waals surface area contributed by atoms with Gasteiger partial charge in [-0.25, -0.2) is 4.99 Å². The van der Waals surface area contributed by atoms with Crippen molar-refractivity contribution >= 4 is 28.5 Å². The number of dihydropyridines is 1. The topological polar surface area (TPSA) is 53.5 Å². The molecule has 21 heavy (non-hydrogen) atoms. The predicted octanol–water partition coefficient (Wildman–Crippen LogP) is 2.77. The summed E-state index contributed by atoms with van der Waals surface area (Å²) in [5, 5.41) is 6.57. The predicted molar refractivity (Wildman–Crippen MR) is 87.3 cm³/mol. The zero-order valence-corrected chi connectivity index (χ0v) is 12.4. The van der Waals surface area contributed by atoms with Crippen LogP contribution in [0.15, 0.2) is 64.7 Å². The number of thioether (sulfide) groups is 1. The fraction of sp³-hybridized carbons (Fsp3) is 0.125. The number of rotatable bonds is 2. The van der Waals surface area contributed by atoms with E-state index >= 15 is 0 Å². The monoisotopic (exact) mass is 297 g/mol. The van der Waals surface area contributed by atoms with E-state index < -0.39 is 0 Å². The second-order valence-corrected chi connectivity index (χ2v) is 5.81. The highest BCUT2D eigenvalue weighted by Crippen LogP contribution is 2.26. The molecule has 5 heteroatoms. The van der Waals surface area contributed by atoms with Crippen molar-refractivity contribution in [2.24, 2.45) is 4.99 Å². The van der Waals surface area contributed by atoms with Crippen LogP contribution < -0.4 is 10.6 Å². The fourth-order valence-electron chi connectivity index (χ4n) is 1.96. The lowest BCUT2D eigenvalue weighted by Gasteiger charge is -2.10. The van der Waals surface area contributed by atoms with Crippen molar-refractivity contribution in [3.63, 3.8) is 0 Å². The van der Waals surface area contributed by atoms with Gasteiger partial charge in [-0.15, -0.1) is 0 Å². The van der Waals surface area contributed by atoms with E-state index in [9.17, 15) is 4.79 Å². The number of amides is 1. The first-order valence-corrected chi connectivity index (χ1v) is 7.48. The lowest BCUT2D eigenvalue weighted by atomic mass is 10.2. The highest BCUT2D eigenvalue weighted by Gasteiger charge is 2.24. The molecule has 0 radical (unpaired) electrons. The molecule has 1 aromatic carbocycles. The van der Waals surface area contributed by atoms with Crippen LogP contribution in [0.4, 0.5) is 5.69 Å². The van der Waals surface area contributed by atoms with Gasteiger partial charge in [0.15, 0.2) is 5.17 Å². The second kappa shape index (κ2) is 6.01. The summed E-state index contributed by atoms with van der Waals surface area (Å²) in [5.41, 5.74) is 2.02. The Balaban J connectivity index is 1.75. The lowest BCUT2D eigenvalue weighted by Crippen LogP contribution is -2.23. The maximum atomic E-state index is 12.0. The minimum atomic E-state index is -0.101. The highest BCUT2D eigenvalue weighted by molar-refractivity contribution is 8.18. The molecule has 1 fully saturated rings. The van der Waals surface area contributed by atoms with Gasteiger partial charge in [-0.1, -0.05) is 29.8 Å². The van der Waals surface area contributed by atoms with Gasteiger partial charge in [0.25, 0.3) is 5.91 Å². The van der Waals surface area contributed by atoms with E-state index in [2.05, 4.69) is 15.6 Å². The summed E-state index contributed by atoms with van der Waals surface area (Å²) >= 11 is 1.36. The molecule has 1 unspecified atom stereocenters. The zero-order valence-electron chi connectivity index (χ0n) is 11.5. The van der Waals surface area contributed by atoms with Gasteiger partial charge < -0.3 is 10.6 Å². The largest absolute Gasteiger partial charge is 0.381 e. The Morgan fingerprint density at radius 1 is 1.24 bits per heavy atom. The molecule has 2 heterocycles. The van der Waals surface area contributed by atoms with Gasteiger partial charge in [-0.05, 0) is 49.2 Å². The van der Waals surface area contributed by atoms with Gasteiger partial charge in [0.2, 0.25) is 0 Å². The number of amidine groups is 1. The summed E-state index contributed by atoms with van der Waals surface area (Å²) in [6.45, 7) is 2.03. The molecule has 3 rings (SSSR count). The molecule has 1 aromatic rings. The Hall–Kier alpha value is -2.27. The number of aliphatic imine (C=N–C) groups is 1. The third kappa shape index (κ3) is 3.44. The molecule has 1 atom stereocenters. The number of allylic oxidation sites excluding steroid dienone is 2. The molecule has 0 aliphatic carbocycles. The van der Waals surface area contributed by atoms with Crippen LogP contribution in [0.25, 0.3) is 0 Å². The molecule has 0 saturated carbocycles. The number of aryl methyl sites for hydroxylation is 1. The Labute approximate surface area is 127 Å². The maximum absolute atomic E-state index is 12.0. The normalized spacial score (nSPS) is 24.4. The van der Waals surface area contributed by atoms with Crippen molar-refractivity contribution in [3.8, 4) is 0 Å². The molecule has 2 aliphatic rings. The quantitative estimate of drug-likeness (QED) is 0.825. The average Bonchev–Trinajstić information content (AvgIpc) is 2.82. The number of carbonyl (C=O) groups excluding carboxylic acids is 1. The number of hydrogen-bond donors (Lipinski definition) is 2. The molecule has 2 N–H and O–H groups in total. The number of benzene rings is 1. The van der Waals surface area contributed by atoms with Crippen LogP contribution in [0.1, 0.15) is 5.56 Å². The van der Waals surface area contributed by atoms with E-state index in [1.165, 1.54) is 17.3 Å². The van der Waals surface area contributed by atoms with E-state index in [4.69, 9.17) is 0 Å². The molecule has 1 saturated heterocycles. The van der Waals surface area contributed by atoms with E-state index in [0.717, 1.165) is 5.69 Å². The number of carbonyl (C=O) groups is 1. The molecule has 0 spiro atoms. The number of nitrogens with zero attached hydrogens (tertiary/aromatic N) is 1. The van der Waals surface area contributed by atoms with Crippen LogP contribution in [-0.2, 0) is 4.79 Å². The molecule has 0 bridgehead atoms. The van der Waals surface area contributed by atoms with Crippen molar-refractivity contribution in [3.05, 3.63) is 65.2 Å². The molecule has 1 amide bonds. The molecule has 4 nitrogen and oxygen atoms in total. The summed E-state index contributed by atoms with van der Waals surface area (Å²) in [7, 11) is 0.